The number of nitrogens with two attached hydrogens (primary N) is 1. The van der Waals surface area contributed by atoms with Crippen LogP contribution in [0, 0.1) is 12.8 Å². The second-order valence-electron chi connectivity index (χ2n) is 6.69. The predicted octanol–water partition coefficient (Wildman–Crippen LogP) is 2.06. The Morgan fingerprint density at radius 1 is 1.29 bits per heavy atom. The lowest BCUT2D eigenvalue weighted by molar-refractivity contribution is -0.136. The van der Waals surface area contributed by atoms with Crippen LogP contribution in [-0.2, 0) is 4.79 Å². The number of piperidine rings is 1. The zero-order valence-corrected chi connectivity index (χ0v) is 14.6. The Hall–Kier alpha value is -2.24. The highest BCUT2D eigenvalue weighted by atomic mass is 16.5. The maximum atomic E-state index is 12.6. The first kappa shape index (κ1) is 18.1. The second-order valence-corrected chi connectivity index (χ2v) is 6.69. The first-order valence-corrected chi connectivity index (χ1v) is 8.45. The third-order valence-electron chi connectivity index (χ3n) is 4.28. The summed E-state index contributed by atoms with van der Waals surface area (Å²) < 4.78 is 6.01. The Bertz CT molecular complexity index is 581. The van der Waals surface area contributed by atoms with E-state index in [9.17, 15) is 9.59 Å². The Balaban J connectivity index is 1.89. The lowest BCUT2D eigenvalue weighted by atomic mass is 10.0. The highest BCUT2D eigenvalue weighted by molar-refractivity contribution is 5.86. The van der Waals surface area contributed by atoms with Crippen LogP contribution >= 0.6 is 0 Å². The topological polar surface area (TPSA) is 84.7 Å². The molecular weight excluding hydrogens is 306 g/mol. The van der Waals surface area contributed by atoms with E-state index in [1.165, 1.54) is 0 Å². The SMILES string of the molecule is Cc1cccc(OC2CCN(C(=O)C(NC(N)=O)C(C)C)CC2)c1. The number of urea groups is 1. The number of ether oxygens (including phenoxy) is 1. The molecule has 2 rings (SSSR count). The van der Waals surface area contributed by atoms with E-state index in [4.69, 9.17) is 10.5 Å². The van der Waals surface area contributed by atoms with Crippen molar-refractivity contribution < 1.29 is 14.3 Å². The largest absolute Gasteiger partial charge is 0.490 e. The molecule has 1 aliphatic rings. The fourth-order valence-corrected chi connectivity index (χ4v) is 2.94. The molecule has 0 aliphatic carbocycles. The fraction of sp³-hybridized carbons (Fsp3) is 0.556. The fourth-order valence-electron chi connectivity index (χ4n) is 2.94. The Labute approximate surface area is 143 Å². The number of hydrogen-bond acceptors (Lipinski definition) is 3. The van der Waals surface area contributed by atoms with Crippen LogP contribution in [0.3, 0.4) is 0 Å². The summed E-state index contributed by atoms with van der Waals surface area (Å²) in [5.41, 5.74) is 6.34. The maximum Gasteiger partial charge on any atom is 0.312 e. The molecule has 24 heavy (non-hydrogen) atoms. The van der Waals surface area contributed by atoms with Crippen molar-refractivity contribution in [1.82, 2.24) is 10.2 Å². The highest BCUT2D eigenvalue weighted by Gasteiger charge is 2.31. The van der Waals surface area contributed by atoms with E-state index in [2.05, 4.69) is 5.32 Å². The molecule has 1 aromatic carbocycles. The molecular formula is C18H27N3O3. The summed E-state index contributed by atoms with van der Waals surface area (Å²) in [5.74, 6) is 0.791. The van der Waals surface area contributed by atoms with Crippen molar-refractivity contribution >= 4 is 11.9 Å². The molecule has 0 saturated carbocycles. The molecule has 3 amide bonds. The van der Waals surface area contributed by atoms with E-state index < -0.39 is 12.1 Å². The number of primary amides is 1. The molecule has 1 atom stereocenters. The van der Waals surface area contributed by atoms with Gasteiger partial charge in [-0.15, -0.1) is 0 Å². The number of likely N-dealkylation sites (tertiary alicyclic amines) is 1. The van der Waals surface area contributed by atoms with Crippen molar-refractivity contribution in [2.75, 3.05) is 13.1 Å². The number of amides is 3. The van der Waals surface area contributed by atoms with Crippen LogP contribution in [0.4, 0.5) is 4.79 Å². The van der Waals surface area contributed by atoms with Crippen LogP contribution in [-0.4, -0.2) is 42.1 Å². The van der Waals surface area contributed by atoms with Gasteiger partial charge in [-0.25, -0.2) is 4.79 Å². The Morgan fingerprint density at radius 2 is 1.96 bits per heavy atom. The summed E-state index contributed by atoms with van der Waals surface area (Å²) in [6.07, 6.45) is 1.67. The molecule has 3 N–H and O–H groups in total. The van der Waals surface area contributed by atoms with E-state index in [1.54, 1.807) is 4.90 Å². The molecule has 0 spiro atoms. The molecule has 0 radical (unpaired) electrons. The van der Waals surface area contributed by atoms with Crippen LogP contribution in [0.15, 0.2) is 24.3 Å². The molecule has 6 heteroatoms. The van der Waals surface area contributed by atoms with Gasteiger partial charge in [0.05, 0.1) is 0 Å². The van der Waals surface area contributed by atoms with Crippen LogP contribution in [0.2, 0.25) is 0 Å². The number of benzene rings is 1. The van der Waals surface area contributed by atoms with Gasteiger partial charge in [0, 0.05) is 25.9 Å². The van der Waals surface area contributed by atoms with Crippen LogP contribution in [0.5, 0.6) is 5.75 Å². The molecule has 1 saturated heterocycles. The lowest BCUT2D eigenvalue weighted by Crippen LogP contribution is -2.54. The van der Waals surface area contributed by atoms with Gasteiger partial charge >= 0.3 is 6.03 Å². The summed E-state index contributed by atoms with van der Waals surface area (Å²) in [4.78, 5) is 25.5. The quantitative estimate of drug-likeness (QED) is 0.865. The molecule has 1 aromatic rings. The molecule has 1 fully saturated rings. The van der Waals surface area contributed by atoms with Gasteiger partial charge in [-0.05, 0) is 30.5 Å². The summed E-state index contributed by atoms with van der Waals surface area (Å²) in [7, 11) is 0. The van der Waals surface area contributed by atoms with Crippen LogP contribution < -0.4 is 15.8 Å². The second kappa shape index (κ2) is 8.04. The first-order valence-electron chi connectivity index (χ1n) is 8.45. The number of carbonyl (C=O) groups is 2. The summed E-state index contributed by atoms with van der Waals surface area (Å²) in [6.45, 7) is 7.07. The van der Waals surface area contributed by atoms with Gasteiger partial charge in [0.15, 0.2) is 0 Å². The van der Waals surface area contributed by atoms with Gasteiger partial charge in [-0.2, -0.15) is 0 Å². The highest BCUT2D eigenvalue weighted by Crippen LogP contribution is 2.21. The number of hydrogen-bond donors (Lipinski definition) is 2. The van der Waals surface area contributed by atoms with Crippen LogP contribution in [0.25, 0.3) is 0 Å². The van der Waals surface area contributed by atoms with Crippen molar-refractivity contribution in [3.63, 3.8) is 0 Å². The standard InChI is InChI=1S/C18H27N3O3/c1-12(2)16(20-18(19)23)17(22)21-9-7-14(8-10-21)24-15-6-4-5-13(3)11-15/h4-6,11-12,14,16H,7-10H2,1-3H3,(H3,19,20,23). The van der Waals surface area contributed by atoms with Gasteiger partial charge in [0.2, 0.25) is 5.91 Å². The van der Waals surface area contributed by atoms with Gasteiger partial charge in [-0.1, -0.05) is 26.0 Å². The molecule has 0 aromatic heterocycles. The molecule has 0 bridgehead atoms. The monoisotopic (exact) mass is 333 g/mol. The smallest absolute Gasteiger partial charge is 0.312 e. The average Bonchev–Trinajstić information content (AvgIpc) is 2.52. The van der Waals surface area contributed by atoms with Crippen molar-refractivity contribution in [1.29, 1.82) is 0 Å². The van der Waals surface area contributed by atoms with E-state index in [-0.39, 0.29) is 17.9 Å². The molecule has 6 nitrogen and oxygen atoms in total. The number of nitrogens with zero attached hydrogens (tertiary/aromatic N) is 1. The third-order valence-corrected chi connectivity index (χ3v) is 4.28. The zero-order valence-electron chi connectivity index (χ0n) is 14.6. The minimum Gasteiger partial charge on any atom is -0.490 e. The summed E-state index contributed by atoms with van der Waals surface area (Å²) in [6, 6.07) is 6.74. The normalized spacial score (nSPS) is 16.8. The molecule has 1 heterocycles. The Kier molecular flexibility index (Phi) is 6.06. The summed E-state index contributed by atoms with van der Waals surface area (Å²) in [5, 5.41) is 2.55. The number of rotatable bonds is 5. The van der Waals surface area contributed by atoms with Crippen molar-refractivity contribution in [3.05, 3.63) is 29.8 Å². The first-order chi connectivity index (χ1) is 11.4. The van der Waals surface area contributed by atoms with Gasteiger partial charge in [0.25, 0.3) is 0 Å². The summed E-state index contributed by atoms with van der Waals surface area (Å²) >= 11 is 0. The molecule has 1 unspecified atom stereocenters. The number of nitrogens with one attached hydrogen (secondary N) is 1. The van der Waals surface area contributed by atoms with E-state index in [0.717, 1.165) is 24.2 Å². The van der Waals surface area contributed by atoms with Gasteiger partial charge < -0.3 is 20.7 Å². The van der Waals surface area contributed by atoms with Crippen molar-refractivity contribution in [2.45, 2.75) is 45.8 Å². The minimum absolute atomic E-state index is 0.00809. The van der Waals surface area contributed by atoms with Crippen LogP contribution in [0.1, 0.15) is 32.3 Å². The average molecular weight is 333 g/mol. The lowest BCUT2D eigenvalue weighted by Gasteiger charge is -2.35. The van der Waals surface area contributed by atoms with Crippen molar-refractivity contribution in [3.8, 4) is 5.75 Å². The van der Waals surface area contributed by atoms with E-state index in [1.807, 2.05) is 45.0 Å². The van der Waals surface area contributed by atoms with Gasteiger partial charge in [0.1, 0.15) is 17.9 Å². The molecule has 132 valence electrons. The van der Waals surface area contributed by atoms with Crippen molar-refractivity contribution in [2.24, 2.45) is 11.7 Å². The van der Waals surface area contributed by atoms with E-state index in [0.29, 0.717) is 13.1 Å². The van der Waals surface area contributed by atoms with E-state index >= 15 is 0 Å². The molecule has 1 aliphatic heterocycles. The predicted molar refractivity (Wildman–Crippen MR) is 92.8 cm³/mol. The zero-order chi connectivity index (χ0) is 17.7. The number of aryl methyl sites for hydroxylation is 1. The third kappa shape index (κ3) is 4.88. The van der Waals surface area contributed by atoms with Gasteiger partial charge in [-0.3, -0.25) is 4.79 Å². The Morgan fingerprint density at radius 3 is 2.50 bits per heavy atom. The minimum atomic E-state index is -0.667. The number of carbonyl (C=O) groups excluding carboxylic acids is 2. The maximum absolute atomic E-state index is 12.6.